The number of carbonyl (C=O) groups is 1. The predicted molar refractivity (Wildman–Crippen MR) is 307 cm³/mol. The second-order valence-corrected chi connectivity index (χ2v) is 24.2. The molecule has 1 amide bonds. The third kappa shape index (κ3) is 56.5. The molecule has 0 radical (unpaired) electrons. The van der Waals surface area contributed by atoms with Gasteiger partial charge >= 0.3 is 0 Å². The summed E-state index contributed by atoms with van der Waals surface area (Å²) in [5.74, 6) is -0.162. The Bertz CT molecular complexity index is 1210. The molecule has 0 fully saturated rings. The van der Waals surface area contributed by atoms with Gasteiger partial charge in [-0.1, -0.05) is 289 Å². The molecule has 0 aromatic heterocycles. The Labute approximate surface area is 443 Å². The molecule has 422 valence electrons. The number of hydrogen-bond acceptors (Lipinski definition) is 6. The number of phosphoric acid groups is 1. The van der Waals surface area contributed by atoms with Crippen molar-refractivity contribution in [2.24, 2.45) is 0 Å². The maximum atomic E-state index is 13.0. The van der Waals surface area contributed by atoms with Crippen molar-refractivity contribution in [3.05, 3.63) is 24.3 Å². The standard InChI is InChI=1S/C62H123N2O6P/c1-6-8-10-12-14-16-18-20-22-24-26-28-30-31-32-34-35-37-39-41-43-45-47-49-51-53-55-61(65)60(59-70-71(67,68)69-58-57-64(3,4)5)63-62(66)56-54-52-50-48-46-44-42-40-38-36-33-29-27-25-23-21-19-17-15-13-11-9-7-2/h19,21,25,27,60-61,65H,6-18,20,22-24,26,28-59H2,1-5H3,(H-,63,66,67,68)/b21-19-,27-25-. The summed E-state index contributed by atoms with van der Waals surface area (Å²) in [4.78, 5) is 25.6. The molecule has 0 rings (SSSR count). The number of unbranched alkanes of at least 4 members (excludes halogenated alkanes) is 41. The molecular weight excluding hydrogens is 900 g/mol. The molecular formula is C62H123N2O6P. The van der Waals surface area contributed by atoms with Crippen molar-refractivity contribution in [3.8, 4) is 0 Å². The average Bonchev–Trinajstić information content (AvgIpc) is 3.33. The first-order chi connectivity index (χ1) is 34.5. The van der Waals surface area contributed by atoms with E-state index >= 15 is 0 Å². The Morgan fingerprint density at radius 1 is 0.493 bits per heavy atom. The van der Waals surface area contributed by atoms with E-state index in [0.29, 0.717) is 23.9 Å². The number of rotatable bonds is 58. The number of likely N-dealkylation sites (N-methyl/N-ethyl adjacent to an activating group) is 1. The number of aliphatic hydroxyl groups excluding tert-OH is 1. The van der Waals surface area contributed by atoms with E-state index in [1.807, 2.05) is 21.1 Å². The minimum absolute atomic E-state index is 0.0133. The van der Waals surface area contributed by atoms with Gasteiger partial charge in [-0.2, -0.15) is 0 Å². The first kappa shape index (κ1) is 70.0. The minimum Gasteiger partial charge on any atom is -0.756 e. The zero-order chi connectivity index (χ0) is 52.0. The Morgan fingerprint density at radius 2 is 0.817 bits per heavy atom. The molecule has 0 aliphatic heterocycles. The molecule has 0 aliphatic carbocycles. The molecule has 0 bridgehead atoms. The molecule has 0 saturated heterocycles. The van der Waals surface area contributed by atoms with Crippen LogP contribution in [0, 0.1) is 0 Å². The topological polar surface area (TPSA) is 108 Å². The molecule has 0 aliphatic rings. The summed E-state index contributed by atoms with van der Waals surface area (Å²) in [6.45, 7) is 4.76. The monoisotopic (exact) mass is 1020 g/mol. The van der Waals surface area contributed by atoms with Crippen LogP contribution in [-0.4, -0.2) is 68.5 Å². The van der Waals surface area contributed by atoms with Gasteiger partial charge in [-0.3, -0.25) is 9.36 Å². The van der Waals surface area contributed by atoms with Crippen molar-refractivity contribution >= 4 is 13.7 Å². The maximum absolute atomic E-state index is 13.0. The van der Waals surface area contributed by atoms with Gasteiger partial charge in [-0.15, -0.1) is 0 Å². The SMILES string of the molecule is CCCCCCC/C=C\C/C=C\CCCCCCCCCCCCCC(=O)NC(COP(=O)([O-])OCC[N+](C)(C)C)C(O)CCCCCCCCCCCCCCCCCCCCCCCCCCCC. The second-order valence-electron chi connectivity index (χ2n) is 22.8. The lowest BCUT2D eigenvalue weighted by atomic mass is 10.0. The summed E-state index contributed by atoms with van der Waals surface area (Å²) in [7, 11) is 1.32. The van der Waals surface area contributed by atoms with Crippen LogP contribution in [0.25, 0.3) is 0 Å². The zero-order valence-electron chi connectivity index (χ0n) is 48.2. The van der Waals surface area contributed by atoms with Gasteiger partial charge in [-0.25, -0.2) is 0 Å². The van der Waals surface area contributed by atoms with E-state index in [1.54, 1.807) is 0 Å². The van der Waals surface area contributed by atoms with Gasteiger partial charge in [0.1, 0.15) is 13.2 Å². The number of amides is 1. The molecule has 3 atom stereocenters. The van der Waals surface area contributed by atoms with Crippen molar-refractivity contribution in [3.63, 3.8) is 0 Å². The maximum Gasteiger partial charge on any atom is 0.268 e. The molecule has 2 N–H and O–H groups in total. The van der Waals surface area contributed by atoms with Gasteiger partial charge in [0.15, 0.2) is 0 Å². The van der Waals surface area contributed by atoms with Gasteiger partial charge in [0, 0.05) is 6.42 Å². The summed E-state index contributed by atoms with van der Waals surface area (Å²) >= 11 is 0. The smallest absolute Gasteiger partial charge is 0.268 e. The summed E-state index contributed by atoms with van der Waals surface area (Å²) in [6, 6.07) is -0.801. The number of hydrogen-bond donors (Lipinski definition) is 2. The van der Waals surface area contributed by atoms with E-state index in [4.69, 9.17) is 9.05 Å². The van der Waals surface area contributed by atoms with Gasteiger partial charge in [-0.05, 0) is 44.9 Å². The van der Waals surface area contributed by atoms with E-state index in [1.165, 1.54) is 244 Å². The van der Waals surface area contributed by atoms with Gasteiger partial charge in [0.25, 0.3) is 7.82 Å². The van der Waals surface area contributed by atoms with Crippen LogP contribution in [-0.2, 0) is 18.4 Å². The Hall–Kier alpha value is -1.02. The van der Waals surface area contributed by atoms with E-state index in [-0.39, 0.29) is 19.1 Å². The summed E-state index contributed by atoms with van der Waals surface area (Å²) in [5, 5.41) is 14.1. The fourth-order valence-corrected chi connectivity index (χ4v) is 10.3. The van der Waals surface area contributed by atoms with Crippen LogP contribution >= 0.6 is 7.82 Å². The first-order valence-corrected chi connectivity index (χ1v) is 32.6. The lowest BCUT2D eigenvalue weighted by molar-refractivity contribution is -0.870. The average molecular weight is 1020 g/mol. The van der Waals surface area contributed by atoms with Gasteiger partial charge < -0.3 is 28.8 Å². The Balaban J connectivity index is 4.10. The summed E-state index contributed by atoms with van der Waals surface area (Å²) in [5.41, 5.74) is 0. The number of nitrogens with one attached hydrogen (secondary N) is 1. The molecule has 0 aromatic carbocycles. The van der Waals surface area contributed by atoms with Crippen LogP contribution in [0.15, 0.2) is 24.3 Å². The molecule has 0 aromatic rings. The van der Waals surface area contributed by atoms with Crippen LogP contribution in [0.5, 0.6) is 0 Å². The second kappa shape index (κ2) is 53.8. The third-order valence-electron chi connectivity index (χ3n) is 14.4. The quantitative estimate of drug-likeness (QED) is 0.0272. The lowest BCUT2D eigenvalue weighted by Gasteiger charge is -2.30. The fraction of sp³-hybridized carbons (Fsp3) is 0.919. The molecule has 0 heterocycles. The highest BCUT2D eigenvalue weighted by Gasteiger charge is 2.24. The number of nitrogens with zero attached hydrogens (tertiary/aromatic N) is 1. The van der Waals surface area contributed by atoms with E-state index in [9.17, 15) is 19.4 Å². The van der Waals surface area contributed by atoms with Crippen LogP contribution in [0.1, 0.15) is 316 Å². The van der Waals surface area contributed by atoms with Crippen molar-refractivity contribution in [2.45, 2.75) is 328 Å². The number of phosphoric ester groups is 1. The van der Waals surface area contributed by atoms with Crippen LogP contribution in [0.4, 0.5) is 0 Å². The number of allylic oxidation sites excluding steroid dienone is 4. The zero-order valence-corrected chi connectivity index (χ0v) is 49.1. The number of carbonyl (C=O) groups excluding carboxylic acids is 1. The highest BCUT2D eigenvalue weighted by atomic mass is 31.2. The van der Waals surface area contributed by atoms with E-state index in [2.05, 4.69) is 43.5 Å². The predicted octanol–water partition coefficient (Wildman–Crippen LogP) is 18.5. The van der Waals surface area contributed by atoms with Crippen LogP contribution < -0.4 is 10.2 Å². The lowest BCUT2D eigenvalue weighted by Crippen LogP contribution is -2.46. The summed E-state index contributed by atoms with van der Waals surface area (Å²) < 4.78 is 23.5. The van der Waals surface area contributed by atoms with E-state index < -0.39 is 20.0 Å². The van der Waals surface area contributed by atoms with E-state index in [0.717, 1.165) is 44.9 Å². The molecule has 0 saturated carbocycles. The third-order valence-corrected chi connectivity index (χ3v) is 15.4. The van der Waals surface area contributed by atoms with Crippen molar-refractivity contribution in [2.75, 3.05) is 40.9 Å². The van der Waals surface area contributed by atoms with Crippen molar-refractivity contribution in [1.29, 1.82) is 0 Å². The van der Waals surface area contributed by atoms with Gasteiger partial charge in [0.05, 0.1) is 39.9 Å². The summed E-state index contributed by atoms with van der Waals surface area (Å²) in [6.07, 6.45) is 67.9. The number of aliphatic hydroxyl groups is 1. The fourth-order valence-electron chi connectivity index (χ4n) is 9.54. The molecule has 9 heteroatoms. The highest BCUT2D eigenvalue weighted by molar-refractivity contribution is 7.45. The molecule has 8 nitrogen and oxygen atoms in total. The van der Waals surface area contributed by atoms with Crippen LogP contribution in [0.2, 0.25) is 0 Å². The molecule has 71 heavy (non-hydrogen) atoms. The Kier molecular flexibility index (Phi) is 53.0. The van der Waals surface area contributed by atoms with Gasteiger partial charge in [0.2, 0.25) is 5.91 Å². The molecule has 3 unspecified atom stereocenters. The normalized spacial score (nSPS) is 14.0. The highest BCUT2D eigenvalue weighted by Crippen LogP contribution is 2.38. The Morgan fingerprint density at radius 3 is 1.17 bits per heavy atom. The van der Waals surface area contributed by atoms with Crippen molar-refractivity contribution in [1.82, 2.24) is 5.32 Å². The first-order valence-electron chi connectivity index (χ1n) is 31.2. The van der Waals surface area contributed by atoms with Crippen molar-refractivity contribution < 1.29 is 32.9 Å². The minimum atomic E-state index is -4.58. The molecule has 0 spiro atoms. The largest absolute Gasteiger partial charge is 0.756 e. The number of quaternary nitrogens is 1. The van der Waals surface area contributed by atoms with Crippen LogP contribution in [0.3, 0.4) is 0 Å².